The van der Waals surface area contributed by atoms with Crippen LogP contribution in [0.5, 0.6) is 0 Å². The molecule has 0 atom stereocenters. The molecule has 156 valence electrons. The van der Waals surface area contributed by atoms with Crippen molar-refractivity contribution in [2.24, 2.45) is 0 Å². The van der Waals surface area contributed by atoms with Gasteiger partial charge in [0.05, 0.1) is 0 Å². The van der Waals surface area contributed by atoms with Gasteiger partial charge in [-0.2, -0.15) is 0 Å². The summed E-state index contributed by atoms with van der Waals surface area (Å²) in [5, 5.41) is 11.7. The summed E-state index contributed by atoms with van der Waals surface area (Å²) >= 11 is 0. The summed E-state index contributed by atoms with van der Waals surface area (Å²) in [7, 11) is 0. The van der Waals surface area contributed by atoms with E-state index in [1.807, 2.05) is 0 Å². The molecule has 1 aromatic carbocycles. The lowest BCUT2D eigenvalue weighted by molar-refractivity contribution is 0.0686. The van der Waals surface area contributed by atoms with Crippen molar-refractivity contribution in [2.75, 3.05) is 11.9 Å². The molecule has 1 rings (SSSR count). The Morgan fingerprint density at radius 1 is 0.893 bits per heavy atom. The number of benzene rings is 1. The van der Waals surface area contributed by atoms with Crippen LogP contribution in [0.4, 0.5) is 14.5 Å². The lowest BCUT2D eigenvalue weighted by Crippen LogP contribution is -2.08. The average Bonchev–Trinajstić information content (AvgIpc) is 2.64. The van der Waals surface area contributed by atoms with Crippen LogP contribution in [0.25, 0.3) is 0 Å². The standard InChI is InChI=1S/C23H33F2NO2/c1-2-3-4-5-6-7-8-9-10-11-12-13-14-15-16-26-19-17-20(24)22(23(27)28)21(25)18-19/h17-18,26H,2-4,7-16H2,1H3,(H,27,28). The van der Waals surface area contributed by atoms with Crippen LogP contribution in [-0.4, -0.2) is 17.6 Å². The molecular formula is C23H33F2NO2. The first-order valence-electron chi connectivity index (χ1n) is 10.5. The lowest BCUT2D eigenvalue weighted by Gasteiger charge is -2.08. The van der Waals surface area contributed by atoms with Gasteiger partial charge in [0.2, 0.25) is 0 Å². The minimum atomic E-state index is -1.60. The zero-order valence-electron chi connectivity index (χ0n) is 17.0. The first-order valence-corrected chi connectivity index (χ1v) is 10.5. The summed E-state index contributed by atoms with van der Waals surface area (Å²) in [6, 6.07) is 2.06. The maximum Gasteiger partial charge on any atom is 0.341 e. The number of halogens is 2. The van der Waals surface area contributed by atoms with Crippen LogP contribution in [-0.2, 0) is 0 Å². The largest absolute Gasteiger partial charge is 0.477 e. The Kier molecular flexibility index (Phi) is 12.7. The maximum atomic E-state index is 13.6. The Bertz CT molecular complexity index is 627. The van der Waals surface area contributed by atoms with Gasteiger partial charge in [-0.15, -0.1) is 11.8 Å². The van der Waals surface area contributed by atoms with Crippen molar-refractivity contribution in [2.45, 2.75) is 84.0 Å². The van der Waals surface area contributed by atoms with Crippen molar-refractivity contribution in [3.63, 3.8) is 0 Å². The van der Waals surface area contributed by atoms with Gasteiger partial charge < -0.3 is 10.4 Å². The van der Waals surface area contributed by atoms with Crippen LogP contribution >= 0.6 is 0 Å². The van der Waals surface area contributed by atoms with Crippen LogP contribution in [0.2, 0.25) is 0 Å². The Balaban J connectivity index is 2.01. The fourth-order valence-corrected chi connectivity index (χ4v) is 2.95. The normalized spacial score (nSPS) is 10.4. The molecule has 0 aliphatic heterocycles. The molecule has 0 spiro atoms. The third-order valence-corrected chi connectivity index (χ3v) is 4.59. The molecule has 0 radical (unpaired) electrons. The topological polar surface area (TPSA) is 49.3 Å². The molecule has 28 heavy (non-hydrogen) atoms. The van der Waals surface area contributed by atoms with E-state index in [0.29, 0.717) is 6.54 Å². The number of aromatic carboxylic acids is 1. The fraction of sp³-hybridized carbons (Fsp3) is 0.609. The number of carboxylic acids is 1. The molecule has 0 heterocycles. The minimum absolute atomic E-state index is 0.276. The van der Waals surface area contributed by atoms with E-state index in [1.165, 1.54) is 44.9 Å². The Morgan fingerprint density at radius 3 is 1.93 bits per heavy atom. The molecule has 5 heteroatoms. The third-order valence-electron chi connectivity index (χ3n) is 4.59. The predicted molar refractivity (Wildman–Crippen MR) is 111 cm³/mol. The zero-order chi connectivity index (χ0) is 20.6. The highest BCUT2D eigenvalue weighted by atomic mass is 19.1. The lowest BCUT2D eigenvalue weighted by atomic mass is 10.1. The van der Waals surface area contributed by atoms with Crippen molar-refractivity contribution in [3.8, 4) is 11.8 Å². The average molecular weight is 394 g/mol. The second-order valence-corrected chi connectivity index (χ2v) is 7.08. The van der Waals surface area contributed by atoms with Gasteiger partial charge in [-0.25, -0.2) is 13.6 Å². The number of carboxylic acid groups (broad SMARTS) is 1. The zero-order valence-corrected chi connectivity index (χ0v) is 17.0. The van der Waals surface area contributed by atoms with Crippen LogP contribution in [0.15, 0.2) is 12.1 Å². The highest BCUT2D eigenvalue weighted by Gasteiger charge is 2.17. The fourth-order valence-electron chi connectivity index (χ4n) is 2.95. The molecule has 0 aliphatic carbocycles. The molecule has 0 fully saturated rings. The Hall–Kier alpha value is -2.09. The van der Waals surface area contributed by atoms with Crippen molar-refractivity contribution in [1.29, 1.82) is 0 Å². The molecule has 0 aromatic heterocycles. The third kappa shape index (κ3) is 10.3. The van der Waals surface area contributed by atoms with Gasteiger partial charge in [-0.3, -0.25) is 0 Å². The van der Waals surface area contributed by atoms with Crippen molar-refractivity contribution >= 4 is 11.7 Å². The predicted octanol–water partition coefficient (Wildman–Crippen LogP) is 6.78. The van der Waals surface area contributed by atoms with Crippen LogP contribution in [0.1, 0.15) is 94.3 Å². The second-order valence-electron chi connectivity index (χ2n) is 7.08. The molecule has 0 amide bonds. The van der Waals surface area contributed by atoms with E-state index in [4.69, 9.17) is 5.11 Å². The quantitative estimate of drug-likeness (QED) is 0.270. The number of nitrogens with one attached hydrogen (secondary N) is 1. The molecule has 1 aromatic rings. The van der Waals surface area contributed by atoms with Crippen LogP contribution in [0, 0.1) is 23.5 Å². The van der Waals surface area contributed by atoms with E-state index in [-0.39, 0.29) is 5.69 Å². The first kappa shape index (κ1) is 23.9. The Morgan fingerprint density at radius 2 is 1.39 bits per heavy atom. The number of unbranched alkanes of at least 4 members (excludes halogenated alkanes) is 10. The SMILES string of the molecule is CCCCC#CCCCCCCCCCCNc1cc(F)c(C(=O)O)c(F)c1. The molecule has 0 bridgehead atoms. The van der Waals surface area contributed by atoms with E-state index in [9.17, 15) is 13.6 Å². The van der Waals surface area contributed by atoms with Crippen molar-refractivity contribution in [1.82, 2.24) is 0 Å². The van der Waals surface area contributed by atoms with E-state index >= 15 is 0 Å². The smallest absolute Gasteiger partial charge is 0.341 e. The number of hydrogen-bond donors (Lipinski definition) is 2. The number of hydrogen-bond acceptors (Lipinski definition) is 2. The number of carbonyl (C=O) groups is 1. The second kappa shape index (κ2) is 14.9. The maximum absolute atomic E-state index is 13.6. The monoisotopic (exact) mass is 393 g/mol. The van der Waals surface area contributed by atoms with Crippen LogP contribution < -0.4 is 5.32 Å². The van der Waals surface area contributed by atoms with Crippen molar-refractivity contribution < 1.29 is 18.7 Å². The first-order chi connectivity index (χ1) is 13.6. The highest BCUT2D eigenvalue weighted by molar-refractivity contribution is 5.88. The van der Waals surface area contributed by atoms with Crippen molar-refractivity contribution in [3.05, 3.63) is 29.3 Å². The van der Waals surface area contributed by atoms with E-state index in [0.717, 1.165) is 44.2 Å². The minimum Gasteiger partial charge on any atom is -0.477 e. The summed E-state index contributed by atoms with van der Waals surface area (Å²) in [5.74, 6) is 2.76. The Labute approximate surface area is 167 Å². The van der Waals surface area contributed by atoms with Gasteiger partial charge in [-0.1, -0.05) is 51.9 Å². The van der Waals surface area contributed by atoms with E-state index in [2.05, 4.69) is 24.1 Å². The van der Waals surface area contributed by atoms with Gasteiger partial charge in [0, 0.05) is 25.1 Å². The van der Waals surface area contributed by atoms with Gasteiger partial charge >= 0.3 is 5.97 Å². The summed E-state index contributed by atoms with van der Waals surface area (Å²) in [5.41, 5.74) is -0.633. The van der Waals surface area contributed by atoms with E-state index < -0.39 is 23.2 Å². The molecule has 3 nitrogen and oxygen atoms in total. The van der Waals surface area contributed by atoms with E-state index in [1.54, 1.807) is 0 Å². The molecular weight excluding hydrogens is 360 g/mol. The summed E-state index contributed by atoms with van der Waals surface area (Å²) in [6.45, 7) is 2.80. The van der Waals surface area contributed by atoms with Gasteiger partial charge in [0.25, 0.3) is 0 Å². The molecule has 2 N–H and O–H groups in total. The highest BCUT2D eigenvalue weighted by Crippen LogP contribution is 2.19. The molecule has 0 unspecified atom stereocenters. The number of rotatable bonds is 14. The summed E-state index contributed by atoms with van der Waals surface area (Å²) in [6.07, 6.45) is 13.7. The van der Waals surface area contributed by atoms with Crippen LogP contribution in [0.3, 0.4) is 0 Å². The summed E-state index contributed by atoms with van der Waals surface area (Å²) < 4.78 is 27.2. The van der Waals surface area contributed by atoms with Gasteiger partial charge in [-0.05, 0) is 31.4 Å². The molecule has 0 aliphatic rings. The summed E-state index contributed by atoms with van der Waals surface area (Å²) in [4.78, 5) is 10.8. The number of anilines is 1. The molecule has 0 saturated heterocycles. The van der Waals surface area contributed by atoms with Gasteiger partial charge in [0.15, 0.2) is 0 Å². The molecule has 0 saturated carbocycles. The van der Waals surface area contributed by atoms with Gasteiger partial charge in [0.1, 0.15) is 17.2 Å².